The fourth-order valence-electron chi connectivity index (χ4n) is 2.31. The molecule has 0 amide bonds. The van der Waals surface area contributed by atoms with E-state index in [1.54, 1.807) is 0 Å². The van der Waals surface area contributed by atoms with E-state index >= 15 is 0 Å². The van der Waals surface area contributed by atoms with Crippen molar-refractivity contribution in [2.75, 3.05) is 6.61 Å². The van der Waals surface area contributed by atoms with Crippen molar-refractivity contribution in [3.63, 3.8) is 0 Å². The van der Waals surface area contributed by atoms with E-state index in [1.165, 1.54) is 22.3 Å². The summed E-state index contributed by atoms with van der Waals surface area (Å²) in [5.41, 5.74) is 11.3. The second-order valence-corrected chi connectivity index (χ2v) is 5.70. The first-order valence-electron chi connectivity index (χ1n) is 6.77. The van der Waals surface area contributed by atoms with Gasteiger partial charge in [0, 0.05) is 0 Å². The van der Waals surface area contributed by atoms with Crippen LogP contribution in [0.3, 0.4) is 0 Å². The van der Waals surface area contributed by atoms with Crippen LogP contribution in [0.5, 0.6) is 0 Å². The maximum absolute atomic E-state index is 6.27. The summed E-state index contributed by atoms with van der Waals surface area (Å²) in [6.45, 7) is 13.4. The van der Waals surface area contributed by atoms with Crippen molar-refractivity contribution in [3.8, 4) is 0 Å². The Bertz CT molecular complexity index is 375. The Morgan fingerprint density at radius 1 is 1.06 bits per heavy atom. The smallest absolute Gasteiger partial charge is 0.0663 e. The zero-order valence-corrected chi connectivity index (χ0v) is 12.6. The van der Waals surface area contributed by atoms with Crippen LogP contribution in [0.25, 0.3) is 0 Å². The summed E-state index contributed by atoms with van der Waals surface area (Å²) >= 11 is 0. The van der Waals surface area contributed by atoms with Gasteiger partial charge in [-0.2, -0.15) is 0 Å². The molecule has 1 aromatic rings. The van der Waals surface area contributed by atoms with Crippen LogP contribution in [-0.2, 0) is 4.74 Å². The van der Waals surface area contributed by atoms with E-state index in [1.807, 2.05) is 0 Å². The van der Waals surface area contributed by atoms with Crippen molar-refractivity contribution < 1.29 is 4.74 Å². The lowest BCUT2D eigenvalue weighted by molar-refractivity contribution is 0.0270. The second kappa shape index (κ2) is 6.35. The molecule has 0 bridgehead atoms. The monoisotopic (exact) mass is 249 g/mol. The van der Waals surface area contributed by atoms with Crippen molar-refractivity contribution in [3.05, 3.63) is 34.4 Å². The van der Waals surface area contributed by atoms with E-state index in [0.29, 0.717) is 12.5 Å². The van der Waals surface area contributed by atoms with Gasteiger partial charge in [0.25, 0.3) is 0 Å². The number of nitrogens with two attached hydrogens (primary N) is 1. The highest BCUT2D eigenvalue weighted by atomic mass is 16.5. The minimum Gasteiger partial charge on any atom is -0.376 e. The van der Waals surface area contributed by atoms with Gasteiger partial charge < -0.3 is 10.5 Å². The molecule has 0 fully saturated rings. The summed E-state index contributed by atoms with van der Waals surface area (Å²) in [7, 11) is 0. The van der Waals surface area contributed by atoms with Gasteiger partial charge in [-0.3, -0.25) is 0 Å². The molecule has 0 saturated carbocycles. The summed E-state index contributed by atoms with van der Waals surface area (Å²) in [6.07, 6.45) is 0.252. The summed E-state index contributed by atoms with van der Waals surface area (Å²) < 4.78 is 5.83. The van der Waals surface area contributed by atoms with Crippen LogP contribution in [0.15, 0.2) is 12.1 Å². The summed E-state index contributed by atoms with van der Waals surface area (Å²) in [4.78, 5) is 0. The molecular weight excluding hydrogens is 222 g/mol. The van der Waals surface area contributed by atoms with Gasteiger partial charge >= 0.3 is 0 Å². The first-order chi connectivity index (χ1) is 8.32. The normalized spacial score (nSPS) is 14.9. The van der Waals surface area contributed by atoms with Crippen LogP contribution in [0.4, 0.5) is 0 Å². The summed E-state index contributed by atoms with van der Waals surface area (Å²) in [6, 6.07) is 4.34. The number of benzene rings is 1. The van der Waals surface area contributed by atoms with E-state index in [9.17, 15) is 0 Å². The Balaban J connectivity index is 2.76. The summed E-state index contributed by atoms with van der Waals surface area (Å²) in [5.74, 6) is 0.525. The Labute approximate surface area is 112 Å². The molecule has 2 heteroatoms. The van der Waals surface area contributed by atoms with Gasteiger partial charge in [0.05, 0.1) is 18.8 Å². The number of rotatable bonds is 5. The van der Waals surface area contributed by atoms with Gasteiger partial charge in [-0.1, -0.05) is 31.5 Å². The first-order valence-corrected chi connectivity index (χ1v) is 6.77. The molecule has 2 unspecified atom stereocenters. The maximum Gasteiger partial charge on any atom is 0.0663 e. The molecule has 0 saturated heterocycles. The van der Waals surface area contributed by atoms with Crippen molar-refractivity contribution in [2.45, 2.75) is 53.7 Å². The first kappa shape index (κ1) is 15.2. The third-order valence-electron chi connectivity index (χ3n) is 3.59. The highest BCUT2D eigenvalue weighted by Crippen LogP contribution is 2.23. The average Bonchev–Trinajstić information content (AvgIpc) is 2.24. The molecule has 1 rings (SSSR count). The highest BCUT2D eigenvalue weighted by Gasteiger charge is 2.15. The molecule has 0 aliphatic rings. The standard InChI is InChI=1S/C16H27NO/c1-10(2)14(6)18-9-15(17)16-12(4)7-11(3)8-13(16)5/h7-8,10,14-15H,9,17H2,1-6H3. The molecular formula is C16H27NO. The number of ether oxygens (including phenoxy) is 1. The average molecular weight is 249 g/mol. The second-order valence-electron chi connectivity index (χ2n) is 5.70. The van der Waals surface area contributed by atoms with Crippen LogP contribution < -0.4 is 5.73 Å². The molecule has 102 valence electrons. The predicted molar refractivity (Wildman–Crippen MR) is 77.8 cm³/mol. The molecule has 0 aromatic heterocycles. The quantitative estimate of drug-likeness (QED) is 0.864. The van der Waals surface area contributed by atoms with Crippen LogP contribution in [0.1, 0.15) is 49.1 Å². The molecule has 0 aliphatic carbocycles. The molecule has 0 spiro atoms. The lowest BCUT2D eigenvalue weighted by Gasteiger charge is -2.22. The van der Waals surface area contributed by atoms with Crippen LogP contribution in [0.2, 0.25) is 0 Å². The van der Waals surface area contributed by atoms with E-state index in [-0.39, 0.29) is 12.1 Å². The van der Waals surface area contributed by atoms with Crippen LogP contribution in [0, 0.1) is 26.7 Å². The molecule has 2 N–H and O–H groups in total. The molecule has 0 heterocycles. The van der Waals surface area contributed by atoms with E-state index < -0.39 is 0 Å². The van der Waals surface area contributed by atoms with Gasteiger partial charge in [0.1, 0.15) is 0 Å². The lowest BCUT2D eigenvalue weighted by atomic mass is 9.95. The largest absolute Gasteiger partial charge is 0.376 e. The van der Waals surface area contributed by atoms with Crippen molar-refractivity contribution in [1.82, 2.24) is 0 Å². The fraction of sp³-hybridized carbons (Fsp3) is 0.625. The minimum absolute atomic E-state index is 0.0354. The van der Waals surface area contributed by atoms with E-state index in [4.69, 9.17) is 10.5 Å². The third-order valence-corrected chi connectivity index (χ3v) is 3.59. The molecule has 1 aromatic carbocycles. The van der Waals surface area contributed by atoms with Crippen molar-refractivity contribution in [2.24, 2.45) is 11.7 Å². The zero-order valence-electron chi connectivity index (χ0n) is 12.6. The van der Waals surface area contributed by atoms with Gasteiger partial charge in [0.15, 0.2) is 0 Å². The predicted octanol–water partition coefficient (Wildman–Crippen LogP) is 3.67. The minimum atomic E-state index is -0.0354. The topological polar surface area (TPSA) is 35.2 Å². The maximum atomic E-state index is 6.27. The Morgan fingerprint density at radius 3 is 2.00 bits per heavy atom. The van der Waals surface area contributed by atoms with Gasteiger partial charge in [-0.15, -0.1) is 0 Å². The molecule has 0 aliphatic heterocycles. The van der Waals surface area contributed by atoms with E-state index in [0.717, 1.165) is 0 Å². The van der Waals surface area contributed by atoms with Crippen molar-refractivity contribution >= 4 is 0 Å². The lowest BCUT2D eigenvalue weighted by Crippen LogP contribution is -2.24. The molecule has 2 nitrogen and oxygen atoms in total. The SMILES string of the molecule is Cc1cc(C)c(C(N)COC(C)C(C)C)c(C)c1. The molecule has 0 radical (unpaired) electrons. The Morgan fingerprint density at radius 2 is 1.56 bits per heavy atom. The highest BCUT2D eigenvalue weighted by molar-refractivity contribution is 5.39. The third kappa shape index (κ3) is 3.82. The van der Waals surface area contributed by atoms with E-state index in [2.05, 4.69) is 53.7 Å². The fourth-order valence-corrected chi connectivity index (χ4v) is 2.31. The number of hydrogen-bond donors (Lipinski definition) is 1. The number of hydrogen-bond acceptors (Lipinski definition) is 2. The van der Waals surface area contributed by atoms with Crippen LogP contribution >= 0.6 is 0 Å². The Kier molecular flexibility index (Phi) is 5.36. The Hall–Kier alpha value is -0.860. The summed E-state index contributed by atoms with van der Waals surface area (Å²) in [5, 5.41) is 0. The number of aryl methyl sites for hydroxylation is 3. The van der Waals surface area contributed by atoms with Gasteiger partial charge in [-0.05, 0) is 50.3 Å². The molecule has 2 atom stereocenters. The zero-order chi connectivity index (χ0) is 13.9. The molecule has 18 heavy (non-hydrogen) atoms. The van der Waals surface area contributed by atoms with Crippen molar-refractivity contribution in [1.29, 1.82) is 0 Å². The van der Waals surface area contributed by atoms with Gasteiger partial charge in [0.2, 0.25) is 0 Å². The van der Waals surface area contributed by atoms with Crippen LogP contribution in [-0.4, -0.2) is 12.7 Å². The van der Waals surface area contributed by atoms with Gasteiger partial charge in [-0.25, -0.2) is 0 Å².